The SMILES string of the molecule is NCCCCn1ncc(N)c1N. The Labute approximate surface area is 71.5 Å². The highest BCUT2D eigenvalue weighted by Crippen LogP contribution is 2.12. The summed E-state index contributed by atoms with van der Waals surface area (Å²) in [6, 6.07) is 0. The molecule has 0 atom stereocenters. The molecule has 0 saturated heterocycles. The van der Waals surface area contributed by atoms with E-state index < -0.39 is 0 Å². The van der Waals surface area contributed by atoms with Gasteiger partial charge < -0.3 is 17.2 Å². The molecule has 0 aliphatic carbocycles. The summed E-state index contributed by atoms with van der Waals surface area (Å²) in [6.07, 6.45) is 3.54. The van der Waals surface area contributed by atoms with Crippen molar-refractivity contribution in [2.24, 2.45) is 5.73 Å². The van der Waals surface area contributed by atoms with Crippen LogP contribution in [-0.2, 0) is 6.54 Å². The van der Waals surface area contributed by atoms with Crippen LogP contribution in [0.3, 0.4) is 0 Å². The molecule has 68 valence electrons. The number of nitrogens with zero attached hydrogens (tertiary/aromatic N) is 2. The number of rotatable bonds is 4. The number of aryl methyl sites for hydroxylation is 1. The van der Waals surface area contributed by atoms with Gasteiger partial charge in [0.05, 0.1) is 11.9 Å². The van der Waals surface area contributed by atoms with Crippen molar-refractivity contribution in [2.45, 2.75) is 19.4 Å². The van der Waals surface area contributed by atoms with Gasteiger partial charge in [-0.1, -0.05) is 0 Å². The summed E-state index contributed by atoms with van der Waals surface area (Å²) in [7, 11) is 0. The molecule has 0 aliphatic heterocycles. The van der Waals surface area contributed by atoms with Crippen LogP contribution in [0.4, 0.5) is 11.5 Å². The third kappa shape index (κ3) is 1.88. The van der Waals surface area contributed by atoms with Gasteiger partial charge in [0.25, 0.3) is 0 Å². The molecule has 0 aromatic carbocycles. The van der Waals surface area contributed by atoms with Gasteiger partial charge in [-0.05, 0) is 19.4 Å². The molecule has 5 nitrogen and oxygen atoms in total. The minimum atomic E-state index is 0.544. The van der Waals surface area contributed by atoms with Crippen molar-refractivity contribution in [3.63, 3.8) is 0 Å². The van der Waals surface area contributed by atoms with Crippen LogP contribution in [0.15, 0.2) is 6.20 Å². The predicted octanol–water partition coefficient (Wildman–Crippen LogP) is -0.214. The Bertz CT molecular complexity index is 242. The molecule has 5 heteroatoms. The summed E-state index contributed by atoms with van der Waals surface area (Å²) in [6.45, 7) is 1.50. The first-order valence-electron chi connectivity index (χ1n) is 4.02. The Morgan fingerprint density at radius 3 is 2.58 bits per heavy atom. The average molecular weight is 169 g/mol. The zero-order chi connectivity index (χ0) is 8.97. The van der Waals surface area contributed by atoms with Gasteiger partial charge in [-0.2, -0.15) is 5.10 Å². The number of hydrogen-bond donors (Lipinski definition) is 3. The Hall–Kier alpha value is -1.23. The number of anilines is 2. The number of aromatic nitrogens is 2. The molecular weight excluding hydrogens is 154 g/mol. The van der Waals surface area contributed by atoms with Crippen LogP contribution in [0.25, 0.3) is 0 Å². The fraction of sp³-hybridized carbons (Fsp3) is 0.571. The molecule has 0 radical (unpaired) electrons. The molecule has 0 saturated carbocycles. The molecule has 1 aromatic heterocycles. The lowest BCUT2D eigenvalue weighted by atomic mass is 10.3. The predicted molar refractivity (Wildman–Crippen MR) is 49.3 cm³/mol. The molecule has 1 heterocycles. The molecule has 6 N–H and O–H groups in total. The van der Waals surface area contributed by atoms with Gasteiger partial charge in [0.2, 0.25) is 0 Å². The summed E-state index contributed by atoms with van der Waals surface area (Å²) >= 11 is 0. The van der Waals surface area contributed by atoms with Crippen LogP contribution in [0.2, 0.25) is 0 Å². The molecule has 0 spiro atoms. The monoisotopic (exact) mass is 169 g/mol. The molecule has 0 amide bonds. The third-order valence-corrected chi connectivity index (χ3v) is 1.73. The molecule has 1 rings (SSSR count). The second-order valence-corrected chi connectivity index (χ2v) is 2.70. The summed E-state index contributed by atoms with van der Waals surface area (Å²) in [4.78, 5) is 0. The number of nitrogens with two attached hydrogens (primary N) is 3. The fourth-order valence-corrected chi connectivity index (χ4v) is 0.993. The van der Waals surface area contributed by atoms with E-state index in [0.29, 0.717) is 18.1 Å². The van der Waals surface area contributed by atoms with E-state index >= 15 is 0 Å². The summed E-state index contributed by atoms with van der Waals surface area (Å²) < 4.78 is 1.70. The zero-order valence-corrected chi connectivity index (χ0v) is 7.03. The number of hydrogen-bond acceptors (Lipinski definition) is 4. The van der Waals surface area contributed by atoms with E-state index in [-0.39, 0.29) is 0 Å². The third-order valence-electron chi connectivity index (χ3n) is 1.73. The molecular formula is C7H15N5. The van der Waals surface area contributed by atoms with Crippen molar-refractivity contribution in [3.8, 4) is 0 Å². The van der Waals surface area contributed by atoms with Gasteiger partial charge in [0.15, 0.2) is 0 Å². The Morgan fingerprint density at radius 1 is 1.33 bits per heavy atom. The molecule has 12 heavy (non-hydrogen) atoms. The van der Waals surface area contributed by atoms with E-state index in [0.717, 1.165) is 19.4 Å². The summed E-state index contributed by atoms with van der Waals surface area (Å²) in [5.74, 6) is 0.548. The van der Waals surface area contributed by atoms with Gasteiger partial charge in [0.1, 0.15) is 5.82 Å². The quantitative estimate of drug-likeness (QED) is 0.543. The molecule has 0 bridgehead atoms. The summed E-state index contributed by atoms with van der Waals surface area (Å²) in [5, 5.41) is 4.01. The van der Waals surface area contributed by atoms with E-state index in [1.165, 1.54) is 0 Å². The van der Waals surface area contributed by atoms with Crippen molar-refractivity contribution in [1.29, 1.82) is 0 Å². The fourth-order valence-electron chi connectivity index (χ4n) is 0.993. The van der Waals surface area contributed by atoms with Crippen molar-refractivity contribution in [2.75, 3.05) is 18.0 Å². The van der Waals surface area contributed by atoms with Crippen LogP contribution in [0, 0.1) is 0 Å². The van der Waals surface area contributed by atoms with E-state index in [1.807, 2.05) is 0 Å². The van der Waals surface area contributed by atoms with E-state index in [9.17, 15) is 0 Å². The maximum Gasteiger partial charge on any atom is 0.145 e. The zero-order valence-electron chi connectivity index (χ0n) is 7.03. The van der Waals surface area contributed by atoms with E-state index in [1.54, 1.807) is 10.9 Å². The standard InChI is InChI=1S/C7H15N5/c8-3-1-2-4-12-7(10)6(9)5-11-12/h5H,1-4,8-10H2. The maximum atomic E-state index is 5.63. The summed E-state index contributed by atoms with van der Waals surface area (Å²) in [5.41, 5.74) is 17.0. The Morgan fingerprint density at radius 2 is 2.08 bits per heavy atom. The first kappa shape index (κ1) is 8.86. The minimum absolute atomic E-state index is 0.544. The second kappa shape index (κ2) is 3.96. The lowest BCUT2D eigenvalue weighted by molar-refractivity contribution is 0.568. The largest absolute Gasteiger partial charge is 0.394 e. The Balaban J connectivity index is 2.46. The van der Waals surface area contributed by atoms with Gasteiger partial charge in [-0.3, -0.25) is 0 Å². The number of unbranched alkanes of at least 4 members (excludes halogenated alkanes) is 1. The van der Waals surface area contributed by atoms with Crippen LogP contribution in [-0.4, -0.2) is 16.3 Å². The van der Waals surface area contributed by atoms with Crippen LogP contribution in [0.5, 0.6) is 0 Å². The van der Waals surface area contributed by atoms with E-state index in [4.69, 9.17) is 17.2 Å². The van der Waals surface area contributed by atoms with Crippen LogP contribution < -0.4 is 17.2 Å². The molecule has 0 unspecified atom stereocenters. The van der Waals surface area contributed by atoms with Gasteiger partial charge in [0, 0.05) is 6.54 Å². The van der Waals surface area contributed by atoms with Gasteiger partial charge >= 0.3 is 0 Å². The van der Waals surface area contributed by atoms with Crippen molar-refractivity contribution in [1.82, 2.24) is 9.78 Å². The topological polar surface area (TPSA) is 95.9 Å². The highest BCUT2D eigenvalue weighted by Gasteiger charge is 2.01. The molecule has 0 fully saturated rings. The smallest absolute Gasteiger partial charge is 0.145 e. The van der Waals surface area contributed by atoms with Crippen molar-refractivity contribution >= 4 is 11.5 Å². The molecule has 1 aromatic rings. The number of nitrogen functional groups attached to an aromatic ring is 2. The maximum absolute atomic E-state index is 5.63. The van der Waals surface area contributed by atoms with Gasteiger partial charge in [-0.25, -0.2) is 4.68 Å². The minimum Gasteiger partial charge on any atom is -0.394 e. The van der Waals surface area contributed by atoms with Gasteiger partial charge in [-0.15, -0.1) is 0 Å². The molecule has 0 aliphatic rings. The highest BCUT2D eigenvalue weighted by molar-refractivity contribution is 5.56. The lowest BCUT2D eigenvalue weighted by Crippen LogP contribution is -2.07. The highest BCUT2D eigenvalue weighted by atomic mass is 15.3. The first-order chi connectivity index (χ1) is 5.75. The Kier molecular flexibility index (Phi) is 2.93. The first-order valence-corrected chi connectivity index (χ1v) is 4.02. The van der Waals surface area contributed by atoms with Crippen LogP contribution >= 0.6 is 0 Å². The normalized spacial score (nSPS) is 10.4. The second-order valence-electron chi connectivity index (χ2n) is 2.70. The van der Waals surface area contributed by atoms with Crippen molar-refractivity contribution in [3.05, 3.63) is 6.20 Å². The average Bonchev–Trinajstić information content (AvgIpc) is 2.36. The van der Waals surface area contributed by atoms with Crippen molar-refractivity contribution < 1.29 is 0 Å². The van der Waals surface area contributed by atoms with Crippen LogP contribution in [0.1, 0.15) is 12.8 Å². The van der Waals surface area contributed by atoms with E-state index in [2.05, 4.69) is 5.10 Å². The lowest BCUT2D eigenvalue weighted by Gasteiger charge is -2.02.